The maximum absolute atomic E-state index is 3.53. The Morgan fingerprint density at radius 2 is 1.20 bits per heavy atom. The zero-order valence-electron chi connectivity index (χ0n) is 11.0. The number of hydrogen-bond donors (Lipinski definition) is 1. The quantitative estimate of drug-likeness (QED) is 0.694. The second-order valence-corrected chi connectivity index (χ2v) is 7.59. The van der Waals surface area contributed by atoms with E-state index in [4.69, 9.17) is 0 Å². The Balaban J connectivity index is 1.85. The molecule has 1 N–H and O–H groups in total. The fraction of sp³-hybridized carbons (Fsp3) is 0. The molecule has 0 spiro atoms. The van der Waals surface area contributed by atoms with Gasteiger partial charge >= 0.3 is 130 Å². The number of benzene rings is 3. The van der Waals surface area contributed by atoms with Crippen LogP contribution in [0.3, 0.4) is 0 Å². The normalized spacial score (nSPS) is 10.2. The zero-order valence-corrected chi connectivity index (χ0v) is 13.3. The predicted octanol–water partition coefficient (Wildman–Crippen LogP) is 3.09. The molecular formula is C18H15NTe. The van der Waals surface area contributed by atoms with E-state index in [1.54, 1.807) is 0 Å². The molecule has 0 aliphatic rings. The van der Waals surface area contributed by atoms with Crippen LogP contribution in [0.15, 0.2) is 84.9 Å². The number of hydrogen-bond acceptors (Lipinski definition) is 1. The van der Waals surface area contributed by atoms with Gasteiger partial charge in [-0.05, 0) is 0 Å². The van der Waals surface area contributed by atoms with Gasteiger partial charge in [-0.3, -0.25) is 0 Å². The van der Waals surface area contributed by atoms with Gasteiger partial charge in [-0.15, -0.1) is 0 Å². The van der Waals surface area contributed by atoms with Gasteiger partial charge in [-0.25, -0.2) is 0 Å². The van der Waals surface area contributed by atoms with E-state index in [0.717, 1.165) is 5.69 Å². The van der Waals surface area contributed by atoms with E-state index in [0.29, 0.717) is 0 Å². The van der Waals surface area contributed by atoms with E-state index in [1.807, 2.05) is 6.07 Å². The summed E-state index contributed by atoms with van der Waals surface area (Å²) in [4.78, 5) is 0. The summed E-state index contributed by atoms with van der Waals surface area (Å²) in [6.45, 7) is 0. The van der Waals surface area contributed by atoms with Gasteiger partial charge in [-0.1, -0.05) is 0 Å². The van der Waals surface area contributed by atoms with Crippen LogP contribution in [0.5, 0.6) is 0 Å². The Morgan fingerprint density at radius 1 is 0.600 bits per heavy atom. The molecule has 0 aromatic heterocycles. The third-order valence-electron chi connectivity index (χ3n) is 2.91. The van der Waals surface area contributed by atoms with Crippen molar-refractivity contribution in [3.05, 3.63) is 84.9 Å². The average Bonchev–Trinajstić information content (AvgIpc) is 2.51. The van der Waals surface area contributed by atoms with Crippen molar-refractivity contribution in [3.63, 3.8) is 0 Å². The Labute approximate surface area is 129 Å². The first-order chi connectivity index (χ1) is 9.92. The van der Waals surface area contributed by atoms with Gasteiger partial charge in [0.2, 0.25) is 0 Å². The van der Waals surface area contributed by atoms with Crippen molar-refractivity contribution in [2.45, 2.75) is 0 Å². The molecule has 20 heavy (non-hydrogen) atoms. The van der Waals surface area contributed by atoms with Crippen molar-refractivity contribution in [3.8, 4) is 0 Å². The van der Waals surface area contributed by atoms with Crippen LogP contribution < -0.4 is 12.5 Å². The molecule has 3 aromatic carbocycles. The molecule has 0 atom stereocenters. The molecule has 0 unspecified atom stereocenters. The van der Waals surface area contributed by atoms with Crippen LogP contribution in [-0.4, -0.2) is 20.9 Å². The van der Waals surface area contributed by atoms with Crippen LogP contribution in [0.2, 0.25) is 0 Å². The molecule has 98 valence electrons. The Bertz CT molecular complexity index is 605. The SMILES string of the molecule is c1ccc(Nc2ccccc2[Te]c2ccccc2)cc1. The van der Waals surface area contributed by atoms with Crippen LogP contribution in [0.25, 0.3) is 0 Å². The molecule has 0 aliphatic carbocycles. The fourth-order valence-corrected chi connectivity index (χ4v) is 4.59. The molecule has 0 heterocycles. The first-order valence-corrected chi connectivity index (χ1v) is 8.89. The number of rotatable bonds is 4. The maximum atomic E-state index is 3.53. The number of nitrogens with one attached hydrogen (secondary N) is 1. The van der Waals surface area contributed by atoms with Crippen molar-refractivity contribution >= 4 is 39.5 Å². The van der Waals surface area contributed by atoms with Gasteiger partial charge in [0.15, 0.2) is 0 Å². The van der Waals surface area contributed by atoms with Gasteiger partial charge in [0, 0.05) is 0 Å². The summed E-state index contributed by atoms with van der Waals surface area (Å²) < 4.78 is 2.90. The first kappa shape index (κ1) is 13.2. The van der Waals surface area contributed by atoms with Crippen LogP contribution >= 0.6 is 0 Å². The topological polar surface area (TPSA) is 12.0 Å². The molecule has 0 radical (unpaired) electrons. The van der Waals surface area contributed by atoms with Crippen LogP contribution in [-0.2, 0) is 0 Å². The second-order valence-electron chi connectivity index (χ2n) is 4.40. The Kier molecular flexibility index (Phi) is 4.38. The van der Waals surface area contributed by atoms with Gasteiger partial charge in [0.05, 0.1) is 0 Å². The molecule has 0 fully saturated rings. The van der Waals surface area contributed by atoms with Gasteiger partial charge in [0.1, 0.15) is 0 Å². The predicted molar refractivity (Wildman–Crippen MR) is 87.6 cm³/mol. The summed E-state index contributed by atoms with van der Waals surface area (Å²) >= 11 is -0.353. The van der Waals surface area contributed by atoms with E-state index in [1.165, 1.54) is 12.9 Å². The number of anilines is 2. The van der Waals surface area contributed by atoms with Crippen molar-refractivity contribution in [2.24, 2.45) is 0 Å². The minimum absolute atomic E-state index is 0.353. The van der Waals surface area contributed by atoms with E-state index in [2.05, 4.69) is 84.2 Å². The number of para-hydroxylation sites is 2. The van der Waals surface area contributed by atoms with Gasteiger partial charge < -0.3 is 0 Å². The Hall–Kier alpha value is -1.75. The molecule has 0 bridgehead atoms. The summed E-state index contributed by atoms with van der Waals surface area (Å²) in [7, 11) is 0. The van der Waals surface area contributed by atoms with E-state index in [9.17, 15) is 0 Å². The van der Waals surface area contributed by atoms with Crippen LogP contribution in [0.4, 0.5) is 11.4 Å². The third kappa shape index (κ3) is 3.42. The molecule has 0 aliphatic heterocycles. The Morgan fingerprint density at radius 3 is 1.95 bits per heavy atom. The zero-order chi connectivity index (χ0) is 13.6. The molecule has 3 aromatic rings. The van der Waals surface area contributed by atoms with Gasteiger partial charge in [0.25, 0.3) is 0 Å². The van der Waals surface area contributed by atoms with E-state index >= 15 is 0 Å². The van der Waals surface area contributed by atoms with Crippen molar-refractivity contribution in [2.75, 3.05) is 5.32 Å². The molecule has 0 saturated heterocycles. The standard InChI is InChI=1S/C18H15NTe/c1-3-9-15(10-4-1)19-17-13-7-8-14-18(17)20-16-11-5-2-6-12-16/h1-14,19H. The molecule has 1 nitrogen and oxygen atoms in total. The average molecular weight is 373 g/mol. The van der Waals surface area contributed by atoms with Crippen molar-refractivity contribution in [1.82, 2.24) is 0 Å². The molecule has 0 amide bonds. The van der Waals surface area contributed by atoms with Crippen molar-refractivity contribution in [1.29, 1.82) is 0 Å². The van der Waals surface area contributed by atoms with E-state index in [-0.39, 0.29) is 20.9 Å². The summed E-state index contributed by atoms with van der Waals surface area (Å²) in [5.74, 6) is 0. The molecule has 3 rings (SSSR count). The third-order valence-corrected chi connectivity index (χ3v) is 6.00. The summed E-state index contributed by atoms with van der Waals surface area (Å²) in [5, 5.41) is 3.53. The first-order valence-electron chi connectivity index (χ1n) is 6.56. The summed E-state index contributed by atoms with van der Waals surface area (Å²) in [6, 6.07) is 29.7. The van der Waals surface area contributed by atoms with Gasteiger partial charge in [-0.2, -0.15) is 0 Å². The van der Waals surface area contributed by atoms with Crippen LogP contribution in [0.1, 0.15) is 0 Å². The summed E-state index contributed by atoms with van der Waals surface area (Å²) in [5.41, 5.74) is 2.37. The molecular weight excluding hydrogens is 358 g/mol. The fourth-order valence-electron chi connectivity index (χ4n) is 1.95. The molecule has 2 heteroatoms. The molecule has 0 saturated carbocycles. The monoisotopic (exact) mass is 375 g/mol. The van der Waals surface area contributed by atoms with Crippen molar-refractivity contribution < 1.29 is 0 Å². The second kappa shape index (κ2) is 6.61. The minimum atomic E-state index is -0.353. The van der Waals surface area contributed by atoms with Crippen LogP contribution in [0, 0.1) is 0 Å². The summed E-state index contributed by atoms with van der Waals surface area (Å²) in [6.07, 6.45) is 0. The van der Waals surface area contributed by atoms with E-state index < -0.39 is 0 Å².